The molecule has 2 nitrogen and oxygen atoms in total. The van der Waals surface area contributed by atoms with Crippen LogP contribution < -0.4 is 5.73 Å². The molecule has 1 aromatic heterocycles. The van der Waals surface area contributed by atoms with Gasteiger partial charge in [0.1, 0.15) is 0 Å². The predicted octanol–water partition coefficient (Wildman–Crippen LogP) is 3.87. The van der Waals surface area contributed by atoms with Crippen LogP contribution in [0.15, 0.2) is 48.7 Å². The highest BCUT2D eigenvalue weighted by molar-refractivity contribution is 5.79. The molecule has 2 N–H and O–H groups in total. The number of aryl methyl sites for hydroxylation is 1. The Bertz CT molecular complexity index is 815. The van der Waals surface area contributed by atoms with E-state index >= 15 is 0 Å². The molecule has 0 saturated carbocycles. The SMILES string of the molecule is Cc1ccc(C(N)c2ccc3ncccc3c2)c(F)c1F. The van der Waals surface area contributed by atoms with Crippen LogP contribution in [0.1, 0.15) is 22.7 Å². The van der Waals surface area contributed by atoms with E-state index in [1.165, 1.54) is 19.1 Å². The van der Waals surface area contributed by atoms with Crippen molar-refractivity contribution in [1.82, 2.24) is 4.98 Å². The maximum absolute atomic E-state index is 14.0. The Morgan fingerprint density at radius 1 is 1.05 bits per heavy atom. The van der Waals surface area contributed by atoms with Crippen molar-refractivity contribution in [2.24, 2.45) is 5.73 Å². The number of hydrogen-bond acceptors (Lipinski definition) is 2. The number of pyridine rings is 1. The van der Waals surface area contributed by atoms with Crippen LogP contribution in [-0.4, -0.2) is 4.98 Å². The zero-order chi connectivity index (χ0) is 15.0. The summed E-state index contributed by atoms with van der Waals surface area (Å²) in [5, 5.41) is 0.915. The van der Waals surface area contributed by atoms with Gasteiger partial charge in [-0.15, -0.1) is 0 Å². The first kappa shape index (κ1) is 13.6. The van der Waals surface area contributed by atoms with Crippen LogP contribution in [0, 0.1) is 18.6 Å². The van der Waals surface area contributed by atoms with Gasteiger partial charge in [0.2, 0.25) is 0 Å². The standard InChI is InChI=1S/C17H14F2N2/c1-10-4-6-13(16(19)15(10)18)17(20)12-5-7-14-11(9-12)3-2-8-21-14/h2-9,17H,20H2,1H3. The topological polar surface area (TPSA) is 38.9 Å². The number of nitrogens with zero attached hydrogens (tertiary/aromatic N) is 1. The van der Waals surface area contributed by atoms with Crippen LogP contribution in [0.4, 0.5) is 8.78 Å². The highest BCUT2D eigenvalue weighted by Crippen LogP contribution is 2.27. The second-order valence-corrected chi connectivity index (χ2v) is 5.03. The van der Waals surface area contributed by atoms with E-state index in [9.17, 15) is 8.78 Å². The minimum atomic E-state index is -0.881. The fraction of sp³-hybridized carbons (Fsp3) is 0.118. The minimum Gasteiger partial charge on any atom is -0.320 e. The van der Waals surface area contributed by atoms with E-state index in [1.54, 1.807) is 12.3 Å². The number of hydrogen-bond donors (Lipinski definition) is 1. The molecule has 1 unspecified atom stereocenters. The van der Waals surface area contributed by atoms with Crippen molar-refractivity contribution in [3.05, 3.63) is 77.0 Å². The summed E-state index contributed by atoms with van der Waals surface area (Å²) in [5.74, 6) is -1.72. The average Bonchev–Trinajstić information content (AvgIpc) is 2.52. The molecule has 0 aliphatic carbocycles. The summed E-state index contributed by atoms with van der Waals surface area (Å²) in [5.41, 5.74) is 8.08. The van der Waals surface area contributed by atoms with Gasteiger partial charge in [0.05, 0.1) is 11.6 Å². The third-order valence-corrected chi connectivity index (χ3v) is 3.63. The van der Waals surface area contributed by atoms with E-state index in [0.717, 1.165) is 16.5 Å². The molecule has 0 aliphatic rings. The number of nitrogens with two attached hydrogens (primary N) is 1. The average molecular weight is 284 g/mol. The van der Waals surface area contributed by atoms with Crippen LogP contribution in [0.3, 0.4) is 0 Å². The number of rotatable bonds is 2. The number of halogens is 2. The summed E-state index contributed by atoms with van der Waals surface area (Å²) in [6.07, 6.45) is 1.71. The van der Waals surface area contributed by atoms with Crippen molar-refractivity contribution in [2.75, 3.05) is 0 Å². The molecule has 0 spiro atoms. The summed E-state index contributed by atoms with van der Waals surface area (Å²) in [6.45, 7) is 1.52. The Morgan fingerprint density at radius 2 is 1.86 bits per heavy atom. The first-order chi connectivity index (χ1) is 10.1. The van der Waals surface area contributed by atoms with E-state index in [1.807, 2.05) is 24.3 Å². The third-order valence-electron chi connectivity index (χ3n) is 3.63. The summed E-state index contributed by atoms with van der Waals surface area (Å²) < 4.78 is 27.7. The third kappa shape index (κ3) is 2.38. The molecule has 3 rings (SSSR count). The maximum atomic E-state index is 14.0. The molecule has 0 saturated heterocycles. The molecule has 3 aromatic rings. The lowest BCUT2D eigenvalue weighted by atomic mass is 9.96. The smallest absolute Gasteiger partial charge is 0.164 e. The monoisotopic (exact) mass is 284 g/mol. The molecule has 4 heteroatoms. The molecule has 2 aromatic carbocycles. The Kier molecular flexibility index (Phi) is 3.39. The molecule has 0 fully saturated rings. The zero-order valence-electron chi connectivity index (χ0n) is 11.5. The predicted molar refractivity (Wildman–Crippen MR) is 78.9 cm³/mol. The number of benzene rings is 2. The molecular formula is C17H14F2N2. The highest BCUT2D eigenvalue weighted by atomic mass is 19.2. The van der Waals surface area contributed by atoms with Crippen molar-refractivity contribution >= 4 is 10.9 Å². The van der Waals surface area contributed by atoms with Crippen molar-refractivity contribution in [2.45, 2.75) is 13.0 Å². The quantitative estimate of drug-likeness (QED) is 0.776. The van der Waals surface area contributed by atoms with Gasteiger partial charge in [-0.2, -0.15) is 0 Å². The molecule has 0 amide bonds. The first-order valence-corrected chi connectivity index (χ1v) is 6.62. The van der Waals surface area contributed by atoms with Crippen LogP contribution in [0.2, 0.25) is 0 Å². The van der Waals surface area contributed by atoms with Gasteiger partial charge in [-0.3, -0.25) is 4.98 Å². The van der Waals surface area contributed by atoms with Gasteiger partial charge >= 0.3 is 0 Å². The molecule has 0 bridgehead atoms. The van der Waals surface area contributed by atoms with Crippen LogP contribution in [0.5, 0.6) is 0 Å². The zero-order valence-corrected chi connectivity index (χ0v) is 11.5. The molecule has 0 aliphatic heterocycles. The normalized spacial score (nSPS) is 12.6. The summed E-state index contributed by atoms with van der Waals surface area (Å²) >= 11 is 0. The van der Waals surface area contributed by atoms with E-state index in [0.29, 0.717) is 0 Å². The molecular weight excluding hydrogens is 270 g/mol. The Hall–Kier alpha value is -2.33. The van der Waals surface area contributed by atoms with E-state index in [-0.39, 0.29) is 11.1 Å². The second kappa shape index (κ2) is 5.22. The summed E-state index contributed by atoms with van der Waals surface area (Å²) in [4.78, 5) is 4.22. The fourth-order valence-corrected chi connectivity index (χ4v) is 2.37. The fourth-order valence-electron chi connectivity index (χ4n) is 2.37. The van der Waals surface area contributed by atoms with Gasteiger partial charge in [0.25, 0.3) is 0 Å². The lowest BCUT2D eigenvalue weighted by Crippen LogP contribution is -2.14. The van der Waals surface area contributed by atoms with Crippen molar-refractivity contribution in [3.63, 3.8) is 0 Å². The maximum Gasteiger partial charge on any atom is 0.164 e. The van der Waals surface area contributed by atoms with Gasteiger partial charge in [-0.05, 0) is 36.2 Å². The largest absolute Gasteiger partial charge is 0.320 e. The molecule has 21 heavy (non-hydrogen) atoms. The molecule has 0 radical (unpaired) electrons. The molecule has 1 atom stereocenters. The van der Waals surface area contributed by atoms with Crippen molar-refractivity contribution in [1.29, 1.82) is 0 Å². The second-order valence-electron chi connectivity index (χ2n) is 5.03. The van der Waals surface area contributed by atoms with Gasteiger partial charge in [-0.1, -0.05) is 24.3 Å². The minimum absolute atomic E-state index is 0.154. The van der Waals surface area contributed by atoms with E-state index < -0.39 is 17.7 Å². The Morgan fingerprint density at radius 3 is 2.67 bits per heavy atom. The van der Waals surface area contributed by atoms with Crippen LogP contribution in [0.25, 0.3) is 10.9 Å². The summed E-state index contributed by atoms with van der Waals surface area (Å²) in [6, 6.07) is 11.6. The Balaban J connectivity index is 2.08. The van der Waals surface area contributed by atoms with Gasteiger partial charge in [0, 0.05) is 17.1 Å². The van der Waals surface area contributed by atoms with Crippen LogP contribution in [-0.2, 0) is 0 Å². The highest BCUT2D eigenvalue weighted by Gasteiger charge is 2.18. The molecule has 106 valence electrons. The summed E-state index contributed by atoms with van der Waals surface area (Å²) in [7, 11) is 0. The first-order valence-electron chi connectivity index (χ1n) is 6.62. The van der Waals surface area contributed by atoms with Gasteiger partial charge in [0.15, 0.2) is 11.6 Å². The Labute approximate surface area is 121 Å². The number of aromatic nitrogens is 1. The van der Waals surface area contributed by atoms with Crippen molar-refractivity contribution in [3.8, 4) is 0 Å². The van der Waals surface area contributed by atoms with Gasteiger partial charge in [-0.25, -0.2) is 8.78 Å². The van der Waals surface area contributed by atoms with E-state index in [2.05, 4.69) is 4.98 Å². The van der Waals surface area contributed by atoms with Crippen molar-refractivity contribution < 1.29 is 8.78 Å². The molecule has 1 heterocycles. The van der Waals surface area contributed by atoms with E-state index in [4.69, 9.17) is 5.73 Å². The number of fused-ring (bicyclic) bond motifs is 1. The van der Waals surface area contributed by atoms with Gasteiger partial charge < -0.3 is 5.73 Å². The van der Waals surface area contributed by atoms with Crippen LogP contribution >= 0.6 is 0 Å². The lowest BCUT2D eigenvalue weighted by Gasteiger charge is -2.15. The lowest BCUT2D eigenvalue weighted by molar-refractivity contribution is 0.489.